The van der Waals surface area contributed by atoms with Gasteiger partial charge < -0.3 is 9.84 Å². The molecule has 1 aliphatic rings. The number of benzene rings is 1. The number of nitrogens with zero attached hydrogens (tertiary/aromatic N) is 1. The van der Waals surface area contributed by atoms with Crippen molar-refractivity contribution in [1.82, 2.24) is 0 Å². The number of halogens is 1. The fourth-order valence-electron chi connectivity index (χ4n) is 3.18. The Kier molecular flexibility index (Phi) is 4.57. The van der Waals surface area contributed by atoms with Crippen LogP contribution in [-0.2, 0) is 0 Å². The lowest BCUT2D eigenvalue weighted by Gasteiger charge is -2.29. The molecule has 0 spiro atoms. The molecule has 0 heterocycles. The van der Waals surface area contributed by atoms with Gasteiger partial charge in [0.25, 0.3) is 0 Å². The molecule has 0 amide bonds. The Balaban J connectivity index is 2.40. The number of aliphatic hydroxyl groups excluding tert-OH is 1. The molecule has 3 atom stereocenters. The first kappa shape index (κ1) is 15.2. The lowest BCUT2D eigenvalue weighted by atomic mass is 9.77. The molecule has 108 valence electrons. The van der Waals surface area contributed by atoms with Gasteiger partial charge in [0.05, 0.1) is 23.6 Å². The van der Waals surface area contributed by atoms with E-state index in [1.165, 1.54) is 0 Å². The molecule has 0 bridgehead atoms. The largest absolute Gasteiger partial charge is 0.496 e. The first-order chi connectivity index (χ1) is 9.57. The minimum absolute atomic E-state index is 0.450. The van der Waals surface area contributed by atoms with Crippen LogP contribution in [0.5, 0.6) is 5.75 Å². The van der Waals surface area contributed by atoms with Crippen molar-refractivity contribution in [3.05, 3.63) is 28.8 Å². The Bertz CT molecular complexity index is 526. The summed E-state index contributed by atoms with van der Waals surface area (Å²) in [4.78, 5) is 0. The highest BCUT2D eigenvalue weighted by molar-refractivity contribution is 6.31. The molecule has 3 nitrogen and oxygen atoms in total. The van der Waals surface area contributed by atoms with Crippen LogP contribution in [-0.4, -0.2) is 12.2 Å². The number of hydrogen-bond donors (Lipinski definition) is 1. The van der Waals surface area contributed by atoms with Gasteiger partial charge in [0, 0.05) is 5.56 Å². The van der Waals surface area contributed by atoms with Crippen LogP contribution >= 0.6 is 11.6 Å². The van der Waals surface area contributed by atoms with E-state index in [1.54, 1.807) is 25.3 Å². The predicted molar refractivity (Wildman–Crippen MR) is 78.6 cm³/mol. The molecule has 2 rings (SSSR count). The quantitative estimate of drug-likeness (QED) is 0.909. The van der Waals surface area contributed by atoms with Gasteiger partial charge in [-0.05, 0) is 37.3 Å². The minimum Gasteiger partial charge on any atom is -0.496 e. The summed E-state index contributed by atoms with van der Waals surface area (Å²) < 4.78 is 5.30. The van der Waals surface area contributed by atoms with Crippen LogP contribution in [0.2, 0.25) is 5.02 Å². The van der Waals surface area contributed by atoms with Crippen molar-refractivity contribution >= 4 is 11.6 Å². The van der Waals surface area contributed by atoms with Crippen LogP contribution in [0, 0.1) is 22.7 Å². The third-order valence-electron chi connectivity index (χ3n) is 4.48. The van der Waals surface area contributed by atoms with Gasteiger partial charge in [-0.25, -0.2) is 0 Å². The topological polar surface area (TPSA) is 53.2 Å². The smallest absolute Gasteiger partial charge is 0.126 e. The zero-order valence-corrected chi connectivity index (χ0v) is 12.7. The van der Waals surface area contributed by atoms with Crippen molar-refractivity contribution < 1.29 is 9.84 Å². The van der Waals surface area contributed by atoms with Crippen molar-refractivity contribution in [2.24, 2.45) is 11.3 Å². The lowest BCUT2D eigenvalue weighted by Crippen LogP contribution is -2.25. The van der Waals surface area contributed by atoms with E-state index in [2.05, 4.69) is 13.0 Å². The molecule has 1 N–H and O–H groups in total. The molecule has 1 aliphatic carbocycles. The van der Waals surface area contributed by atoms with Crippen LogP contribution in [0.4, 0.5) is 0 Å². The van der Waals surface area contributed by atoms with Gasteiger partial charge in [-0.1, -0.05) is 31.0 Å². The predicted octanol–water partition coefficient (Wildman–Crippen LogP) is 4.10. The van der Waals surface area contributed by atoms with Crippen molar-refractivity contribution in [1.29, 1.82) is 5.26 Å². The highest BCUT2D eigenvalue weighted by Gasteiger charge is 2.46. The fourth-order valence-corrected chi connectivity index (χ4v) is 3.45. The first-order valence-electron chi connectivity index (χ1n) is 6.99. The lowest BCUT2D eigenvalue weighted by molar-refractivity contribution is 0.0619. The Labute approximate surface area is 125 Å². The van der Waals surface area contributed by atoms with E-state index in [0.717, 1.165) is 19.3 Å². The number of ether oxygens (including phenoxy) is 1. The minimum atomic E-state index is -0.910. The SMILES string of the molecule is CCC1CCC(C#N)(C(O)c2c(Cl)cccc2OC)C1. The van der Waals surface area contributed by atoms with Gasteiger partial charge in [-0.2, -0.15) is 5.26 Å². The summed E-state index contributed by atoms with van der Waals surface area (Å²) in [6, 6.07) is 7.62. The van der Waals surface area contributed by atoms with E-state index in [9.17, 15) is 10.4 Å². The molecule has 3 unspecified atom stereocenters. The Hall–Kier alpha value is -1.24. The van der Waals surface area contributed by atoms with Gasteiger partial charge in [-0.15, -0.1) is 0 Å². The monoisotopic (exact) mass is 293 g/mol. The summed E-state index contributed by atoms with van der Waals surface area (Å²) in [7, 11) is 1.55. The first-order valence-corrected chi connectivity index (χ1v) is 7.37. The van der Waals surface area contributed by atoms with Gasteiger partial charge in [0.2, 0.25) is 0 Å². The molecule has 0 aliphatic heterocycles. The molecule has 0 radical (unpaired) electrons. The van der Waals surface area contributed by atoms with Crippen molar-refractivity contribution in [3.8, 4) is 11.8 Å². The fraction of sp³-hybridized carbons (Fsp3) is 0.562. The molecule has 4 heteroatoms. The van der Waals surface area contributed by atoms with Gasteiger partial charge in [-0.3, -0.25) is 0 Å². The van der Waals surface area contributed by atoms with E-state index < -0.39 is 11.5 Å². The summed E-state index contributed by atoms with van der Waals surface area (Å²) >= 11 is 6.22. The van der Waals surface area contributed by atoms with Crippen molar-refractivity contribution in [2.45, 2.75) is 38.7 Å². The van der Waals surface area contributed by atoms with Crippen molar-refractivity contribution in [3.63, 3.8) is 0 Å². The third kappa shape index (κ3) is 2.51. The van der Waals surface area contributed by atoms with Crippen LogP contribution in [0.3, 0.4) is 0 Å². The normalized spacial score (nSPS) is 27.1. The zero-order chi connectivity index (χ0) is 14.8. The second-order valence-corrected chi connectivity index (χ2v) is 5.95. The van der Waals surface area contributed by atoms with E-state index in [-0.39, 0.29) is 0 Å². The molecule has 0 aromatic heterocycles. The summed E-state index contributed by atoms with van der Waals surface area (Å²) in [6.07, 6.45) is 2.53. The molecule has 0 saturated heterocycles. The Morgan fingerprint density at radius 3 is 2.90 bits per heavy atom. The maximum atomic E-state index is 10.8. The van der Waals surface area contributed by atoms with E-state index >= 15 is 0 Å². The van der Waals surface area contributed by atoms with Crippen LogP contribution < -0.4 is 4.74 Å². The number of rotatable bonds is 4. The average molecular weight is 294 g/mol. The number of methoxy groups -OCH3 is 1. The molecule has 1 saturated carbocycles. The average Bonchev–Trinajstić information content (AvgIpc) is 2.91. The van der Waals surface area contributed by atoms with Gasteiger partial charge in [0.15, 0.2) is 0 Å². The molecule has 1 aromatic carbocycles. The van der Waals surface area contributed by atoms with Crippen LogP contribution in [0.1, 0.15) is 44.3 Å². The van der Waals surface area contributed by atoms with Gasteiger partial charge in [0.1, 0.15) is 11.9 Å². The second kappa shape index (κ2) is 6.03. The highest BCUT2D eigenvalue weighted by atomic mass is 35.5. The van der Waals surface area contributed by atoms with E-state index in [4.69, 9.17) is 16.3 Å². The van der Waals surface area contributed by atoms with Crippen LogP contribution in [0.15, 0.2) is 18.2 Å². The molecular formula is C16H20ClNO2. The molecule has 1 aromatic rings. The molecule has 1 fully saturated rings. The van der Waals surface area contributed by atoms with Crippen LogP contribution in [0.25, 0.3) is 0 Å². The Morgan fingerprint density at radius 1 is 1.60 bits per heavy atom. The summed E-state index contributed by atoms with van der Waals surface area (Å²) in [5.74, 6) is 1.04. The van der Waals surface area contributed by atoms with Crippen molar-refractivity contribution in [2.75, 3.05) is 7.11 Å². The maximum absolute atomic E-state index is 10.8. The molecule has 20 heavy (non-hydrogen) atoms. The number of hydrogen-bond acceptors (Lipinski definition) is 3. The Morgan fingerprint density at radius 2 is 2.35 bits per heavy atom. The standard InChI is InChI=1S/C16H20ClNO2/c1-3-11-7-8-16(9-11,10-18)15(19)14-12(17)5-4-6-13(14)20-2/h4-6,11,15,19H,3,7-9H2,1-2H3. The highest BCUT2D eigenvalue weighted by Crippen LogP contribution is 2.52. The second-order valence-electron chi connectivity index (χ2n) is 5.54. The maximum Gasteiger partial charge on any atom is 0.126 e. The number of nitriles is 1. The molecular weight excluding hydrogens is 274 g/mol. The number of aliphatic hydroxyl groups is 1. The summed E-state index contributed by atoms with van der Waals surface area (Å²) in [5, 5.41) is 20.9. The zero-order valence-electron chi connectivity index (χ0n) is 11.9. The third-order valence-corrected chi connectivity index (χ3v) is 4.81. The summed E-state index contributed by atoms with van der Waals surface area (Å²) in [5.41, 5.74) is -0.214. The van der Waals surface area contributed by atoms with Gasteiger partial charge >= 0.3 is 0 Å². The summed E-state index contributed by atoms with van der Waals surface area (Å²) in [6.45, 7) is 2.13. The van der Waals surface area contributed by atoms with E-state index in [0.29, 0.717) is 28.7 Å². The van der Waals surface area contributed by atoms with E-state index in [1.807, 2.05) is 0 Å².